The van der Waals surface area contributed by atoms with Gasteiger partial charge < -0.3 is 5.32 Å². The van der Waals surface area contributed by atoms with Crippen LogP contribution < -0.4 is 9.62 Å². The molecular weight excluding hydrogens is 404 g/mol. The van der Waals surface area contributed by atoms with E-state index in [2.05, 4.69) is 5.32 Å². The molecule has 1 atom stereocenters. The number of amides is 2. The lowest BCUT2D eigenvalue weighted by molar-refractivity contribution is -0.119. The maximum absolute atomic E-state index is 12.5. The number of Topliss-reactive ketones (excluding diaryl/α,β-unsaturated/α-hetero) is 1. The molecule has 7 nitrogen and oxygen atoms in total. The van der Waals surface area contributed by atoms with E-state index in [1.54, 1.807) is 31.2 Å². The summed E-state index contributed by atoms with van der Waals surface area (Å²) in [6.07, 6.45) is 0. The Bertz CT molecular complexity index is 1080. The fraction of sp³-hybridized carbons (Fsp3) is 0.211. The third-order valence-corrected chi connectivity index (χ3v) is 6.52. The van der Waals surface area contributed by atoms with E-state index in [-0.39, 0.29) is 27.8 Å². The number of nitrogens with zero attached hydrogens (tertiary/aromatic N) is 1. The Morgan fingerprint density at radius 3 is 2.29 bits per heavy atom. The van der Waals surface area contributed by atoms with Gasteiger partial charge in [0, 0.05) is 11.3 Å². The van der Waals surface area contributed by atoms with Crippen LogP contribution in [0, 0.1) is 5.92 Å². The quantitative estimate of drug-likeness (QED) is 0.766. The second-order valence-corrected chi connectivity index (χ2v) is 8.80. The van der Waals surface area contributed by atoms with Crippen LogP contribution in [-0.2, 0) is 14.8 Å². The number of hydrogen-bond acceptors (Lipinski definition) is 5. The van der Waals surface area contributed by atoms with Crippen molar-refractivity contribution in [2.45, 2.75) is 13.8 Å². The van der Waals surface area contributed by atoms with E-state index in [9.17, 15) is 22.8 Å². The van der Waals surface area contributed by atoms with Crippen LogP contribution in [-0.4, -0.2) is 31.8 Å². The molecule has 0 aromatic heterocycles. The lowest BCUT2D eigenvalue weighted by Gasteiger charge is -2.16. The third-order valence-electron chi connectivity index (χ3n) is 4.34. The number of halogens is 1. The summed E-state index contributed by atoms with van der Waals surface area (Å²) in [5.74, 6) is -2.01. The maximum atomic E-state index is 12.5. The molecule has 1 heterocycles. The SMILES string of the molecule is CC(=O)c1ccc(NC(=O)c2ccc(N3C(=O)[C@@H](C)CS3(=O)=O)cc2Cl)cc1. The van der Waals surface area contributed by atoms with E-state index in [1.165, 1.54) is 25.1 Å². The van der Waals surface area contributed by atoms with Gasteiger partial charge in [-0.2, -0.15) is 0 Å². The Morgan fingerprint density at radius 2 is 1.79 bits per heavy atom. The van der Waals surface area contributed by atoms with Crippen molar-refractivity contribution in [2.24, 2.45) is 5.92 Å². The number of ketones is 1. The summed E-state index contributed by atoms with van der Waals surface area (Å²) in [6, 6.07) is 10.4. The van der Waals surface area contributed by atoms with Crippen molar-refractivity contribution < 1.29 is 22.8 Å². The smallest absolute Gasteiger partial charge is 0.257 e. The predicted molar refractivity (Wildman–Crippen MR) is 106 cm³/mol. The molecule has 0 aliphatic carbocycles. The van der Waals surface area contributed by atoms with Gasteiger partial charge in [0.15, 0.2) is 5.78 Å². The number of benzene rings is 2. The molecule has 9 heteroatoms. The van der Waals surface area contributed by atoms with Crippen LogP contribution in [0.3, 0.4) is 0 Å². The van der Waals surface area contributed by atoms with Gasteiger partial charge in [-0.15, -0.1) is 0 Å². The van der Waals surface area contributed by atoms with Gasteiger partial charge >= 0.3 is 0 Å². The van der Waals surface area contributed by atoms with Crippen molar-refractivity contribution in [3.8, 4) is 0 Å². The number of hydrogen-bond donors (Lipinski definition) is 1. The Kier molecular flexibility index (Phi) is 5.27. The Labute approximate surface area is 167 Å². The first-order valence-electron chi connectivity index (χ1n) is 8.39. The van der Waals surface area contributed by atoms with E-state index in [4.69, 9.17) is 11.6 Å². The number of anilines is 2. The normalized spacial score (nSPS) is 18.2. The first-order valence-corrected chi connectivity index (χ1v) is 10.4. The molecule has 0 unspecified atom stereocenters. The fourth-order valence-corrected chi connectivity index (χ4v) is 4.96. The van der Waals surface area contributed by atoms with Crippen molar-refractivity contribution in [1.29, 1.82) is 0 Å². The summed E-state index contributed by atoms with van der Waals surface area (Å²) in [4.78, 5) is 35.9. The molecule has 0 saturated carbocycles. The van der Waals surface area contributed by atoms with Crippen LogP contribution in [0.1, 0.15) is 34.6 Å². The molecule has 1 N–H and O–H groups in total. The molecule has 0 spiro atoms. The van der Waals surface area contributed by atoms with Crippen molar-refractivity contribution in [3.05, 3.63) is 58.6 Å². The highest BCUT2D eigenvalue weighted by Gasteiger charge is 2.42. The summed E-state index contributed by atoms with van der Waals surface area (Å²) >= 11 is 6.17. The standard InChI is InChI=1S/C19H17ClN2O5S/c1-11-10-28(26,27)22(19(11)25)15-7-8-16(17(20)9-15)18(24)21-14-5-3-13(4-6-14)12(2)23/h3-9,11H,10H2,1-2H3,(H,21,24)/t11-/m0/s1. The van der Waals surface area contributed by atoms with Gasteiger partial charge in [-0.25, -0.2) is 12.7 Å². The molecule has 2 aromatic carbocycles. The fourth-order valence-electron chi connectivity index (χ4n) is 2.89. The minimum Gasteiger partial charge on any atom is -0.322 e. The largest absolute Gasteiger partial charge is 0.322 e. The number of nitrogens with one attached hydrogen (secondary N) is 1. The molecule has 1 aliphatic rings. The third kappa shape index (κ3) is 3.79. The van der Waals surface area contributed by atoms with Gasteiger partial charge in [0.2, 0.25) is 15.9 Å². The van der Waals surface area contributed by atoms with E-state index in [1.807, 2.05) is 0 Å². The van der Waals surface area contributed by atoms with E-state index in [0.29, 0.717) is 11.3 Å². The Morgan fingerprint density at radius 1 is 1.14 bits per heavy atom. The van der Waals surface area contributed by atoms with Crippen LogP contribution in [0.5, 0.6) is 0 Å². The molecule has 2 aromatic rings. The monoisotopic (exact) mass is 420 g/mol. The lowest BCUT2D eigenvalue weighted by Crippen LogP contribution is -2.30. The Hall–Kier alpha value is -2.71. The van der Waals surface area contributed by atoms with Gasteiger partial charge in [0.05, 0.1) is 27.9 Å². The molecule has 146 valence electrons. The van der Waals surface area contributed by atoms with Crippen molar-refractivity contribution in [1.82, 2.24) is 0 Å². The first-order chi connectivity index (χ1) is 13.1. The molecule has 28 heavy (non-hydrogen) atoms. The van der Waals surface area contributed by atoms with Crippen molar-refractivity contribution in [2.75, 3.05) is 15.4 Å². The van der Waals surface area contributed by atoms with Gasteiger partial charge in [-0.05, 0) is 49.4 Å². The van der Waals surface area contributed by atoms with E-state index < -0.39 is 27.8 Å². The maximum Gasteiger partial charge on any atom is 0.257 e. The first kappa shape index (κ1) is 20.0. The summed E-state index contributed by atoms with van der Waals surface area (Å²) in [7, 11) is -3.75. The average Bonchev–Trinajstić information content (AvgIpc) is 2.82. The summed E-state index contributed by atoms with van der Waals surface area (Å²) < 4.78 is 25.1. The van der Waals surface area contributed by atoms with Gasteiger partial charge in [-0.1, -0.05) is 18.5 Å². The van der Waals surface area contributed by atoms with Crippen LogP contribution in [0.15, 0.2) is 42.5 Å². The van der Waals surface area contributed by atoms with Crippen LogP contribution >= 0.6 is 11.6 Å². The highest BCUT2D eigenvalue weighted by molar-refractivity contribution is 7.94. The summed E-state index contributed by atoms with van der Waals surface area (Å²) in [5.41, 5.74) is 1.22. The lowest BCUT2D eigenvalue weighted by atomic mass is 10.1. The average molecular weight is 421 g/mol. The summed E-state index contributed by atoms with van der Waals surface area (Å²) in [5, 5.41) is 2.66. The van der Waals surface area contributed by atoms with E-state index in [0.717, 1.165) is 4.31 Å². The van der Waals surface area contributed by atoms with Crippen molar-refractivity contribution >= 4 is 50.6 Å². The molecule has 1 saturated heterocycles. The molecular formula is C19H17ClN2O5S. The van der Waals surface area contributed by atoms with Crippen molar-refractivity contribution in [3.63, 3.8) is 0 Å². The minimum absolute atomic E-state index is 0.0120. The molecule has 0 radical (unpaired) electrons. The second-order valence-electron chi connectivity index (χ2n) is 6.53. The molecule has 1 aliphatic heterocycles. The topological polar surface area (TPSA) is 101 Å². The molecule has 2 amide bonds. The zero-order valence-corrected chi connectivity index (χ0v) is 16.7. The number of rotatable bonds is 4. The number of sulfonamides is 1. The highest BCUT2D eigenvalue weighted by Crippen LogP contribution is 2.31. The zero-order valence-electron chi connectivity index (χ0n) is 15.1. The van der Waals surface area contributed by atoms with Gasteiger partial charge in [0.1, 0.15) is 0 Å². The molecule has 1 fully saturated rings. The van der Waals surface area contributed by atoms with Gasteiger partial charge in [0.25, 0.3) is 5.91 Å². The Balaban J connectivity index is 1.83. The van der Waals surface area contributed by atoms with Crippen LogP contribution in [0.2, 0.25) is 5.02 Å². The number of carbonyl (C=O) groups excluding carboxylic acids is 3. The summed E-state index contributed by atoms with van der Waals surface area (Å²) in [6.45, 7) is 2.99. The minimum atomic E-state index is -3.75. The highest BCUT2D eigenvalue weighted by atomic mass is 35.5. The second kappa shape index (κ2) is 7.37. The van der Waals surface area contributed by atoms with E-state index >= 15 is 0 Å². The van der Waals surface area contributed by atoms with Crippen LogP contribution in [0.25, 0.3) is 0 Å². The molecule has 3 rings (SSSR count). The number of carbonyl (C=O) groups is 3. The predicted octanol–water partition coefficient (Wildman–Crippen LogP) is 3.11. The molecule has 0 bridgehead atoms. The zero-order chi connectivity index (χ0) is 20.6. The van der Waals surface area contributed by atoms with Gasteiger partial charge in [-0.3, -0.25) is 14.4 Å². The van der Waals surface area contributed by atoms with Crippen LogP contribution in [0.4, 0.5) is 11.4 Å².